The molecule has 4 nitrogen and oxygen atoms in total. The number of carbonyl (C=O) groups excluding carboxylic acids is 1. The van der Waals surface area contributed by atoms with Gasteiger partial charge in [-0.3, -0.25) is 0 Å². The molecule has 0 aliphatic heterocycles. The molecule has 0 saturated carbocycles. The lowest BCUT2D eigenvalue weighted by Gasteiger charge is -2.20. The summed E-state index contributed by atoms with van der Waals surface area (Å²) >= 11 is 0. The minimum Gasteiger partial charge on any atom is -0.396 e. The molecule has 2 aromatic carbocycles. The first-order valence-electron chi connectivity index (χ1n) is 7.82. The Morgan fingerprint density at radius 1 is 1.09 bits per heavy atom. The van der Waals surface area contributed by atoms with Crippen LogP contribution in [0.5, 0.6) is 0 Å². The van der Waals surface area contributed by atoms with Crippen LogP contribution in [0.1, 0.15) is 34.7 Å². The second-order valence-electron chi connectivity index (χ2n) is 5.85. The molecule has 1 atom stereocenters. The maximum absolute atomic E-state index is 12.4. The summed E-state index contributed by atoms with van der Waals surface area (Å²) < 4.78 is 0. The minimum absolute atomic E-state index is 0.0163. The second kappa shape index (κ2) is 7.79. The highest BCUT2D eigenvalue weighted by molar-refractivity contribution is 5.91. The number of hydrogen-bond donors (Lipinski definition) is 3. The van der Waals surface area contributed by atoms with E-state index in [-0.39, 0.29) is 18.7 Å². The van der Waals surface area contributed by atoms with E-state index in [4.69, 9.17) is 0 Å². The quantitative estimate of drug-likeness (QED) is 0.785. The molecule has 2 rings (SSSR count). The Balaban J connectivity index is 2.11. The summed E-state index contributed by atoms with van der Waals surface area (Å²) in [6.45, 7) is 6.02. The molecule has 0 aliphatic carbocycles. The SMILES string of the molecule is Cc1cc(C)c(NC(=O)N[C@H](CCO)c2ccccc2)c(C)c1. The maximum Gasteiger partial charge on any atom is 0.319 e. The van der Waals surface area contributed by atoms with Crippen LogP contribution in [0.2, 0.25) is 0 Å². The lowest BCUT2D eigenvalue weighted by molar-refractivity contribution is 0.239. The van der Waals surface area contributed by atoms with E-state index in [0.29, 0.717) is 6.42 Å². The Morgan fingerprint density at radius 3 is 2.26 bits per heavy atom. The van der Waals surface area contributed by atoms with E-state index in [1.54, 1.807) is 0 Å². The molecule has 0 heterocycles. The van der Waals surface area contributed by atoms with Crippen molar-refractivity contribution >= 4 is 11.7 Å². The van der Waals surface area contributed by atoms with E-state index in [1.807, 2.05) is 63.2 Å². The molecular formula is C19H24N2O2. The number of nitrogens with one attached hydrogen (secondary N) is 2. The third-order valence-electron chi connectivity index (χ3n) is 3.84. The number of aliphatic hydroxyl groups is 1. The Kier molecular flexibility index (Phi) is 5.77. The van der Waals surface area contributed by atoms with Gasteiger partial charge in [-0.25, -0.2) is 4.79 Å². The monoisotopic (exact) mass is 312 g/mol. The van der Waals surface area contributed by atoms with Crippen molar-refractivity contribution in [3.8, 4) is 0 Å². The molecule has 3 N–H and O–H groups in total. The van der Waals surface area contributed by atoms with E-state index < -0.39 is 0 Å². The Morgan fingerprint density at radius 2 is 1.70 bits per heavy atom. The van der Waals surface area contributed by atoms with Crippen LogP contribution in [0.3, 0.4) is 0 Å². The summed E-state index contributed by atoms with van der Waals surface area (Å²) in [6, 6.07) is 13.3. The molecule has 0 radical (unpaired) electrons. The van der Waals surface area contributed by atoms with Gasteiger partial charge >= 0.3 is 6.03 Å². The van der Waals surface area contributed by atoms with Crippen LogP contribution in [-0.2, 0) is 0 Å². The molecular weight excluding hydrogens is 288 g/mol. The van der Waals surface area contributed by atoms with Crippen molar-refractivity contribution in [1.29, 1.82) is 0 Å². The predicted molar refractivity (Wildman–Crippen MR) is 93.7 cm³/mol. The minimum atomic E-state index is -0.262. The summed E-state index contributed by atoms with van der Waals surface area (Å²) in [5.41, 5.74) is 5.07. The molecule has 23 heavy (non-hydrogen) atoms. The Bertz CT molecular complexity index is 645. The molecule has 0 spiro atoms. The van der Waals surface area contributed by atoms with Gasteiger partial charge in [0.15, 0.2) is 0 Å². The van der Waals surface area contributed by atoms with E-state index in [9.17, 15) is 9.90 Å². The summed E-state index contributed by atoms with van der Waals surface area (Å²) in [5.74, 6) is 0. The molecule has 2 amide bonds. The number of urea groups is 1. The average Bonchev–Trinajstić information content (AvgIpc) is 2.51. The van der Waals surface area contributed by atoms with Crippen molar-refractivity contribution in [3.05, 3.63) is 64.7 Å². The largest absolute Gasteiger partial charge is 0.396 e. The highest BCUT2D eigenvalue weighted by Gasteiger charge is 2.15. The van der Waals surface area contributed by atoms with E-state index >= 15 is 0 Å². The van der Waals surface area contributed by atoms with E-state index in [2.05, 4.69) is 10.6 Å². The van der Waals surface area contributed by atoms with Crippen LogP contribution in [0, 0.1) is 20.8 Å². The highest BCUT2D eigenvalue weighted by atomic mass is 16.3. The van der Waals surface area contributed by atoms with Gasteiger partial charge in [0.1, 0.15) is 0 Å². The van der Waals surface area contributed by atoms with Crippen molar-refractivity contribution in [2.45, 2.75) is 33.2 Å². The average molecular weight is 312 g/mol. The number of aryl methyl sites for hydroxylation is 3. The van der Waals surface area contributed by atoms with Gasteiger partial charge in [0, 0.05) is 12.3 Å². The van der Waals surface area contributed by atoms with Gasteiger partial charge in [0.05, 0.1) is 6.04 Å². The molecule has 2 aromatic rings. The van der Waals surface area contributed by atoms with E-state index in [1.165, 1.54) is 5.56 Å². The fraction of sp³-hybridized carbons (Fsp3) is 0.316. The molecule has 0 bridgehead atoms. The third-order valence-corrected chi connectivity index (χ3v) is 3.84. The van der Waals surface area contributed by atoms with Crippen LogP contribution in [0.15, 0.2) is 42.5 Å². The topological polar surface area (TPSA) is 61.4 Å². The lowest BCUT2D eigenvalue weighted by atomic mass is 10.0. The smallest absolute Gasteiger partial charge is 0.319 e. The summed E-state index contributed by atoms with van der Waals surface area (Å²) in [5, 5.41) is 15.1. The van der Waals surface area contributed by atoms with Crippen molar-refractivity contribution in [1.82, 2.24) is 5.32 Å². The fourth-order valence-electron chi connectivity index (χ4n) is 2.82. The van der Waals surface area contributed by atoms with Crippen molar-refractivity contribution in [2.75, 3.05) is 11.9 Å². The normalized spacial score (nSPS) is 11.8. The van der Waals surface area contributed by atoms with Crippen LogP contribution >= 0.6 is 0 Å². The van der Waals surface area contributed by atoms with Crippen molar-refractivity contribution in [3.63, 3.8) is 0 Å². The summed E-state index contributed by atoms with van der Waals surface area (Å²) in [4.78, 5) is 12.4. The fourth-order valence-corrected chi connectivity index (χ4v) is 2.82. The highest BCUT2D eigenvalue weighted by Crippen LogP contribution is 2.22. The summed E-state index contributed by atoms with van der Waals surface area (Å²) in [6.07, 6.45) is 0.475. The lowest BCUT2D eigenvalue weighted by Crippen LogP contribution is -2.33. The zero-order valence-corrected chi connectivity index (χ0v) is 13.9. The van der Waals surface area contributed by atoms with Gasteiger partial charge in [0.2, 0.25) is 0 Å². The number of hydrogen-bond acceptors (Lipinski definition) is 2. The first-order chi connectivity index (χ1) is 11.0. The van der Waals surface area contributed by atoms with Crippen LogP contribution in [-0.4, -0.2) is 17.7 Å². The predicted octanol–water partition coefficient (Wildman–Crippen LogP) is 3.86. The molecule has 4 heteroatoms. The molecule has 0 unspecified atom stereocenters. The van der Waals surface area contributed by atoms with Crippen LogP contribution < -0.4 is 10.6 Å². The molecule has 0 fully saturated rings. The Labute approximate surface area is 137 Å². The number of anilines is 1. The van der Waals surface area contributed by atoms with Gasteiger partial charge < -0.3 is 15.7 Å². The van der Waals surface area contributed by atoms with Gasteiger partial charge in [-0.15, -0.1) is 0 Å². The number of carbonyl (C=O) groups is 1. The number of rotatable bonds is 5. The zero-order valence-electron chi connectivity index (χ0n) is 13.9. The number of amides is 2. The zero-order chi connectivity index (χ0) is 16.8. The van der Waals surface area contributed by atoms with Gasteiger partial charge in [-0.2, -0.15) is 0 Å². The van der Waals surface area contributed by atoms with Gasteiger partial charge in [0.25, 0.3) is 0 Å². The second-order valence-corrected chi connectivity index (χ2v) is 5.85. The van der Waals surface area contributed by atoms with Gasteiger partial charge in [-0.05, 0) is 43.9 Å². The van der Waals surface area contributed by atoms with Gasteiger partial charge in [-0.1, -0.05) is 48.0 Å². The third kappa shape index (κ3) is 4.57. The van der Waals surface area contributed by atoms with Crippen LogP contribution in [0.4, 0.5) is 10.5 Å². The molecule has 0 aromatic heterocycles. The molecule has 122 valence electrons. The molecule has 0 aliphatic rings. The standard InChI is InChI=1S/C19H24N2O2/c1-13-11-14(2)18(15(3)12-13)21-19(23)20-17(9-10-22)16-7-5-4-6-8-16/h4-8,11-12,17,22H,9-10H2,1-3H3,(H2,20,21,23)/t17-/m1/s1. The first-order valence-corrected chi connectivity index (χ1v) is 7.82. The van der Waals surface area contributed by atoms with E-state index in [0.717, 1.165) is 22.4 Å². The molecule has 0 saturated heterocycles. The number of aliphatic hydroxyl groups excluding tert-OH is 1. The summed E-state index contributed by atoms with van der Waals surface area (Å²) in [7, 11) is 0. The Hall–Kier alpha value is -2.33. The van der Waals surface area contributed by atoms with Crippen molar-refractivity contribution < 1.29 is 9.90 Å². The number of benzene rings is 2. The van der Waals surface area contributed by atoms with Crippen LogP contribution in [0.25, 0.3) is 0 Å². The first kappa shape index (κ1) is 17.0. The maximum atomic E-state index is 12.4. The van der Waals surface area contributed by atoms with Crippen molar-refractivity contribution in [2.24, 2.45) is 0 Å².